The van der Waals surface area contributed by atoms with Gasteiger partial charge in [0.05, 0.1) is 0 Å². The van der Waals surface area contributed by atoms with E-state index in [1.165, 1.54) is 38.5 Å². The van der Waals surface area contributed by atoms with Gasteiger partial charge in [-0.1, -0.05) is 0 Å². The summed E-state index contributed by atoms with van der Waals surface area (Å²) in [7, 11) is 0. The molecule has 0 aliphatic heterocycles. The standard InChI is InChI=1S/C9H18.Zr/c1-3-5-7-9-8-6-4-2;/h3-8H2,1-2H3;. The molecule has 1 heteroatoms. The van der Waals surface area contributed by atoms with Crippen molar-refractivity contribution in [3.63, 3.8) is 0 Å². The molecule has 10 heavy (non-hydrogen) atoms. The zero-order chi connectivity index (χ0) is 7.82. The maximum atomic E-state index is 2.27. The van der Waals surface area contributed by atoms with Crippen LogP contribution in [0.1, 0.15) is 52.4 Å². The molecule has 0 aromatic rings. The molecule has 0 unspecified atom stereocenters. The van der Waals surface area contributed by atoms with Crippen LogP contribution in [0.3, 0.4) is 0 Å². The molecule has 0 saturated carbocycles. The number of rotatable bonds is 6. The van der Waals surface area contributed by atoms with Gasteiger partial charge in [0, 0.05) is 0 Å². The quantitative estimate of drug-likeness (QED) is 0.641. The minimum atomic E-state index is 1.35. The van der Waals surface area contributed by atoms with Crippen molar-refractivity contribution in [3.8, 4) is 0 Å². The van der Waals surface area contributed by atoms with Crippen LogP contribution in [0.15, 0.2) is 0 Å². The Hall–Kier alpha value is 0.753. The van der Waals surface area contributed by atoms with E-state index in [-0.39, 0.29) is 0 Å². The molecule has 58 valence electrons. The first-order valence-corrected chi connectivity index (χ1v) is 5.60. The van der Waals surface area contributed by atoms with Gasteiger partial charge < -0.3 is 0 Å². The number of hydrogen-bond acceptors (Lipinski definition) is 0. The molecule has 0 bridgehead atoms. The van der Waals surface area contributed by atoms with Crippen molar-refractivity contribution in [3.05, 3.63) is 0 Å². The van der Waals surface area contributed by atoms with Crippen LogP contribution in [0.25, 0.3) is 0 Å². The fourth-order valence-electron chi connectivity index (χ4n) is 0.905. The van der Waals surface area contributed by atoms with E-state index in [0.717, 1.165) is 0 Å². The predicted molar refractivity (Wildman–Crippen MR) is 44.1 cm³/mol. The summed E-state index contributed by atoms with van der Waals surface area (Å²) in [5.74, 6) is 0. The summed E-state index contributed by atoms with van der Waals surface area (Å²) in [5, 5.41) is 0. The van der Waals surface area contributed by atoms with Crippen molar-refractivity contribution in [2.24, 2.45) is 0 Å². The van der Waals surface area contributed by atoms with E-state index in [1.807, 2.05) is 0 Å². The Bertz CT molecular complexity index is 76.7. The van der Waals surface area contributed by atoms with E-state index < -0.39 is 0 Å². The summed E-state index contributed by atoms with van der Waals surface area (Å²) < 4.78 is 1.79. The molecule has 0 heterocycles. The second-order valence-corrected chi connectivity index (χ2v) is 4.55. The van der Waals surface area contributed by atoms with Crippen LogP contribution in [0.5, 0.6) is 0 Å². The van der Waals surface area contributed by atoms with Crippen LogP contribution in [0, 0.1) is 0 Å². The van der Waals surface area contributed by atoms with Gasteiger partial charge in [-0.3, -0.25) is 0 Å². The monoisotopic (exact) mass is 216 g/mol. The summed E-state index contributed by atoms with van der Waals surface area (Å²) in [4.78, 5) is 0. The minimum absolute atomic E-state index is 1.35. The summed E-state index contributed by atoms with van der Waals surface area (Å²) in [6.07, 6.45) is 8.31. The Balaban J connectivity index is 3.09. The molecule has 0 aliphatic carbocycles. The number of unbranched alkanes of at least 4 members (excludes halogenated alkanes) is 2. The van der Waals surface area contributed by atoms with Crippen LogP contribution in [-0.4, -0.2) is 3.21 Å². The fourth-order valence-corrected chi connectivity index (χ4v) is 1.77. The molecule has 0 rings (SSSR count). The third-order valence-corrected chi connectivity index (χ3v) is 2.89. The van der Waals surface area contributed by atoms with Gasteiger partial charge in [-0.2, -0.15) is 0 Å². The molecule has 0 spiro atoms. The van der Waals surface area contributed by atoms with Crippen LogP contribution < -0.4 is 0 Å². The van der Waals surface area contributed by atoms with E-state index in [4.69, 9.17) is 0 Å². The maximum absolute atomic E-state index is 2.27. The molecule has 0 aromatic carbocycles. The summed E-state index contributed by atoms with van der Waals surface area (Å²) in [6, 6.07) is 0. The summed E-state index contributed by atoms with van der Waals surface area (Å²) >= 11 is 1.67. The van der Waals surface area contributed by atoms with Crippen LogP contribution in [-0.2, 0) is 24.2 Å². The van der Waals surface area contributed by atoms with Crippen molar-refractivity contribution in [1.82, 2.24) is 0 Å². The Labute approximate surface area is 79.7 Å². The molecule has 0 amide bonds. The molecule has 0 atom stereocenters. The predicted octanol–water partition coefficient (Wildman–Crippen LogP) is 3.09. The van der Waals surface area contributed by atoms with Crippen molar-refractivity contribution < 1.29 is 24.2 Å². The third kappa shape index (κ3) is 6.87. The fraction of sp³-hybridized carbons (Fsp3) is 0.889. The zero-order valence-electron chi connectivity index (χ0n) is 7.24. The van der Waals surface area contributed by atoms with Gasteiger partial charge in [0.1, 0.15) is 0 Å². The molecule has 0 fully saturated rings. The first-order valence-electron chi connectivity index (χ1n) is 4.37. The molecule has 0 aromatic heterocycles. The molecule has 0 radical (unpaired) electrons. The average molecular weight is 217 g/mol. The van der Waals surface area contributed by atoms with Gasteiger partial charge >= 0.3 is 79.8 Å². The Kier molecular flexibility index (Phi) is 8.45. The van der Waals surface area contributed by atoms with Gasteiger partial charge in [-0.05, 0) is 0 Å². The van der Waals surface area contributed by atoms with Gasteiger partial charge in [0.25, 0.3) is 0 Å². The van der Waals surface area contributed by atoms with Gasteiger partial charge in [0.2, 0.25) is 0 Å². The van der Waals surface area contributed by atoms with Crippen LogP contribution in [0.2, 0.25) is 0 Å². The third-order valence-electron chi connectivity index (χ3n) is 1.66. The van der Waals surface area contributed by atoms with Crippen LogP contribution >= 0.6 is 0 Å². The van der Waals surface area contributed by atoms with Crippen molar-refractivity contribution >= 4 is 3.21 Å². The first-order chi connectivity index (χ1) is 4.81. The van der Waals surface area contributed by atoms with Crippen molar-refractivity contribution in [1.29, 1.82) is 0 Å². The van der Waals surface area contributed by atoms with Crippen LogP contribution in [0.4, 0.5) is 0 Å². The average Bonchev–Trinajstić information content (AvgIpc) is 1.97. The molecule has 0 aliphatic rings. The Morgan fingerprint density at radius 2 is 1.40 bits per heavy atom. The van der Waals surface area contributed by atoms with E-state index >= 15 is 0 Å². The van der Waals surface area contributed by atoms with Crippen molar-refractivity contribution in [2.45, 2.75) is 52.4 Å². The zero-order valence-corrected chi connectivity index (χ0v) is 9.70. The van der Waals surface area contributed by atoms with E-state index in [1.54, 1.807) is 27.4 Å². The van der Waals surface area contributed by atoms with E-state index in [2.05, 4.69) is 13.8 Å². The Morgan fingerprint density at radius 1 is 1.00 bits per heavy atom. The second kappa shape index (κ2) is 7.86. The second-order valence-electron chi connectivity index (χ2n) is 2.81. The first kappa shape index (κ1) is 10.8. The Morgan fingerprint density at radius 3 is 1.70 bits per heavy atom. The normalized spacial score (nSPS) is 9.70. The summed E-state index contributed by atoms with van der Waals surface area (Å²) in [5.41, 5.74) is 0. The van der Waals surface area contributed by atoms with E-state index in [0.29, 0.717) is 0 Å². The van der Waals surface area contributed by atoms with Gasteiger partial charge in [-0.15, -0.1) is 0 Å². The molecule has 0 N–H and O–H groups in total. The summed E-state index contributed by atoms with van der Waals surface area (Å²) in [6.45, 7) is 4.53. The van der Waals surface area contributed by atoms with Crippen molar-refractivity contribution in [2.75, 3.05) is 0 Å². The molecular formula is C9H18Zr. The number of hydrogen-bond donors (Lipinski definition) is 0. The molecule has 0 nitrogen and oxygen atoms in total. The molecule has 0 saturated heterocycles. The SMILES string of the molecule is CCCC[C](=[Zr])CCCC. The van der Waals surface area contributed by atoms with Gasteiger partial charge in [-0.25, -0.2) is 0 Å². The molecular weight excluding hydrogens is 199 g/mol. The van der Waals surface area contributed by atoms with Gasteiger partial charge in [0.15, 0.2) is 0 Å². The van der Waals surface area contributed by atoms with E-state index in [9.17, 15) is 0 Å². The topological polar surface area (TPSA) is 0 Å².